The maximum Gasteiger partial charge on any atom is 0.252 e. The van der Waals surface area contributed by atoms with Crippen LogP contribution in [0.15, 0.2) is 24.5 Å². The van der Waals surface area contributed by atoms with Crippen LogP contribution in [0.2, 0.25) is 0 Å². The lowest BCUT2D eigenvalue weighted by Crippen LogP contribution is -3.00. The number of pyridine rings is 1. The van der Waals surface area contributed by atoms with Crippen molar-refractivity contribution in [2.75, 3.05) is 19.0 Å². The predicted molar refractivity (Wildman–Crippen MR) is 87.2 cm³/mol. The topological polar surface area (TPSA) is 16.4 Å². The van der Waals surface area contributed by atoms with Crippen molar-refractivity contribution < 1.29 is 21.7 Å². The summed E-state index contributed by atoms with van der Waals surface area (Å²) in [7, 11) is 4.12. The molecule has 1 aliphatic rings. The molecular formula is C18H31ClN2O. The maximum atomic E-state index is 6.26. The molecule has 4 heteroatoms. The molecule has 0 aromatic carbocycles. The molecule has 1 saturated carbocycles. The molecule has 1 aromatic rings. The van der Waals surface area contributed by atoms with Gasteiger partial charge in [-0.05, 0) is 30.6 Å². The molecule has 0 radical (unpaired) electrons. The quantitative estimate of drug-likeness (QED) is 0.732. The minimum atomic E-state index is 0. The van der Waals surface area contributed by atoms with Gasteiger partial charge in [0.25, 0.3) is 6.73 Å². The standard InChI is InChI=1S/C18H31N2O.ClH/c1-14(2)17-7-6-15(3)12-18(17)21-13-20-10-8-16(9-11-20)19(4)5;/h8-11,14-15,17-18H,6-7,12-13H2,1-5H3;1H/q+1;/p-1/t15-,17+,18-;/m1./s1. The van der Waals surface area contributed by atoms with Crippen molar-refractivity contribution in [2.45, 2.75) is 52.9 Å². The molecular weight excluding hydrogens is 296 g/mol. The predicted octanol–water partition coefficient (Wildman–Crippen LogP) is 0.479. The van der Waals surface area contributed by atoms with E-state index in [4.69, 9.17) is 4.74 Å². The number of hydrogen-bond acceptors (Lipinski definition) is 2. The van der Waals surface area contributed by atoms with Gasteiger partial charge in [0.2, 0.25) is 0 Å². The Balaban J connectivity index is 0.00000242. The Hall–Kier alpha value is -0.800. The molecule has 0 amide bonds. The van der Waals surface area contributed by atoms with Crippen molar-refractivity contribution in [2.24, 2.45) is 17.8 Å². The van der Waals surface area contributed by atoms with Gasteiger partial charge in [0.1, 0.15) is 0 Å². The second-order valence-corrected chi connectivity index (χ2v) is 7.13. The van der Waals surface area contributed by atoms with Gasteiger partial charge in [-0.3, -0.25) is 0 Å². The summed E-state index contributed by atoms with van der Waals surface area (Å²) in [5.41, 5.74) is 1.22. The van der Waals surface area contributed by atoms with Gasteiger partial charge in [0.05, 0.1) is 6.10 Å². The number of nitrogens with zero attached hydrogens (tertiary/aromatic N) is 2. The van der Waals surface area contributed by atoms with Crippen LogP contribution in [0.25, 0.3) is 0 Å². The minimum Gasteiger partial charge on any atom is -1.00 e. The summed E-state index contributed by atoms with van der Waals surface area (Å²) < 4.78 is 8.39. The highest BCUT2D eigenvalue weighted by molar-refractivity contribution is 5.41. The van der Waals surface area contributed by atoms with Gasteiger partial charge in [-0.15, -0.1) is 0 Å². The summed E-state index contributed by atoms with van der Waals surface area (Å²) in [6.45, 7) is 7.67. The third-order valence-electron chi connectivity index (χ3n) is 4.79. The van der Waals surface area contributed by atoms with E-state index in [1.54, 1.807) is 0 Å². The Morgan fingerprint density at radius 2 is 1.86 bits per heavy atom. The SMILES string of the molecule is CC(C)[C@@H]1CC[C@@H](C)C[C@H]1OC[n+]1ccc(N(C)C)cc1.[Cl-]. The van der Waals surface area contributed by atoms with E-state index in [9.17, 15) is 0 Å². The highest BCUT2D eigenvalue weighted by Crippen LogP contribution is 2.35. The van der Waals surface area contributed by atoms with Crippen LogP contribution >= 0.6 is 0 Å². The first-order valence-electron chi connectivity index (χ1n) is 8.25. The van der Waals surface area contributed by atoms with Crippen LogP contribution in [0.1, 0.15) is 40.0 Å². The lowest BCUT2D eigenvalue weighted by Gasteiger charge is -2.36. The summed E-state index contributed by atoms with van der Waals surface area (Å²) in [4.78, 5) is 2.11. The fourth-order valence-corrected chi connectivity index (χ4v) is 3.32. The number of ether oxygens (including phenoxy) is 1. The Kier molecular flexibility index (Phi) is 7.64. The van der Waals surface area contributed by atoms with Crippen molar-refractivity contribution in [3.05, 3.63) is 24.5 Å². The molecule has 0 spiro atoms. The van der Waals surface area contributed by atoms with Crippen LogP contribution in [0, 0.1) is 17.8 Å². The van der Waals surface area contributed by atoms with Crippen LogP contribution in [-0.2, 0) is 11.5 Å². The van der Waals surface area contributed by atoms with Gasteiger partial charge >= 0.3 is 0 Å². The number of hydrogen-bond donors (Lipinski definition) is 0. The second kappa shape index (κ2) is 8.73. The zero-order chi connectivity index (χ0) is 15.4. The van der Waals surface area contributed by atoms with E-state index in [-0.39, 0.29) is 12.4 Å². The lowest BCUT2D eigenvalue weighted by atomic mass is 9.75. The summed E-state index contributed by atoms with van der Waals surface area (Å²) >= 11 is 0. The van der Waals surface area contributed by atoms with Crippen LogP contribution in [0.5, 0.6) is 0 Å². The average molecular weight is 327 g/mol. The number of anilines is 1. The minimum absolute atomic E-state index is 0. The largest absolute Gasteiger partial charge is 1.00 e. The monoisotopic (exact) mass is 326 g/mol. The van der Waals surface area contributed by atoms with Crippen molar-refractivity contribution >= 4 is 5.69 Å². The van der Waals surface area contributed by atoms with E-state index in [1.165, 1.54) is 24.9 Å². The Morgan fingerprint density at radius 3 is 2.41 bits per heavy atom. The Morgan fingerprint density at radius 1 is 1.23 bits per heavy atom. The van der Waals surface area contributed by atoms with Gasteiger partial charge in [-0.25, -0.2) is 0 Å². The molecule has 1 fully saturated rings. The first-order chi connectivity index (χ1) is 9.97. The number of halogens is 1. The van der Waals surface area contributed by atoms with E-state index in [0.717, 1.165) is 5.92 Å². The Labute approximate surface area is 142 Å². The van der Waals surface area contributed by atoms with E-state index < -0.39 is 0 Å². The van der Waals surface area contributed by atoms with Crippen LogP contribution in [0.4, 0.5) is 5.69 Å². The Bertz CT molecular complexity index is 433. The molecule has 2 rings (SSSR count). The van der Waals surface area contributed by atoms with Crippen molar-refractivity contribution in [1.82, 2.24) is 0 Å². The van der Waals surface area contributed by atoms with Crippen LogP contribution < -0.4 is 21.9 Å². The summed E-state index contributed by atoms with van der Waals surface area (Å²) in [5, 5.41) is 0. The molecule has 3 nitrogen and oxygen atoms in total. The van der Waals surface area contributed by atoms with E-state index in [0.29, 0.717) is 24.7 Å². The third kappa shape index (κ3) is 5.13. The summed E-state index contributed by atoms with van der Waals surface area (Å²) in [6, 6.07) is 4.26. The first-order valence-corrected chi connectivity index (χ1v) is 8.25. The highest BCUT2D eigenvalue weighted by Gasteiger charge is 2.32. The molecule has 0 N–H and O–H groups in total. The fourth-order valence-electron chi connectivity index (χ4n) is 3.32. The van der Waals surface area contributed by atoms with Gasteiger partial charge in [0, 0.05) is 31.9 Å². The van der Waals surface area contributed by atoms with E-state index in [2.05, 4.69) is 68.9 Å². The van der Waals surface area contributed by atoms with Crippen molar-refractivity contribution in [1.29, 1.82) is 0 Å². The van der Waals surface area contributed by atoms with Gasteiger partial charge in [-0.2, -0.15) is 4.57 Å². The molecule has 22 heavy (non-hydrogen) atoms. The molecule has 1 heterocycles. The molecule has 0 bridgehead atoms. The molecule has 126 valence electrons. The van der Waals surface area contributed by atoms with Gasteiger partial charge in [0.15, 0.2) is 12.4 Å². The molecule has 1 aromatic heterocycles. The summed E-state index contributed by atoms with van der Waals surface area (Å²) in [6.07, 6.45) is 8.49. The van der Waals surface area contributed by atoms with E-state index in [1.807, 2.05) is 0 Å². The molecule has 3 atom stereocenters. The lowest BCUT2D eigenvalue weighted by molar-refractivity contribution is -0.735. The zero-order valence-electron chi connectivity index (χ0n) is 14.6. The normalized spacial score (nSPS) is 24.9. The zero-order valence-corrected chi connectivity index (χ0v) is 15.4. The molecule has 0 aliphatic heterocycles. The van der Waals surface area contributed by atoms with Crippen molar-refractivity contribution in [3.63, 3.8) is 0 Å². The first kappa shape index (κ1) is 19.2. The number of rotatable bonds is 5. The number of aromatic nitrogens is 1. The van der Waals surface area contributed by atoms with E-state index >= 15 is 0 Å². The van der Waals surface area contributed by atoms with Crippen molar-refractivity contribution in [3.8, 4) is 0 Å². The molecule has 1 aliphatic carbocycles. The smallest absolute Gasteiger partial charge is 0.252 e. The highest BCUT2D eigenvalue weighted by atomic mass is 35.5. The van der Waals surface area contributed by atoms with Gasteiger partial charge < -0.3 is 22.0 Å². The van der Waals surface area contributed by atoms with Crippen LogP contribution in [0.3, 0.4) is 0 Å². The summed E-state index contributed by atoms with van der Waals surface area (Å²) in [5.74, 6) is 2.22. The molecule has 0 unspecified atom stereocenters. The van der Waals surface area contributed by atoms with Crippen LogP contribution in [-0.4, -0.2) is 20.2 Å². The maximum absolute atomic E-state index is 6.26. The fraction of sp³-hybridized carbons (Fsp3) is 0.722. The third-order valence-corrected chi connectivity index (χ3v) is 4.79. The van der Waals surface area contributed by atoms with Gasteiger partial charge in [-0.1, -0.05) is 27.2 Å². The molecule has 0 saturated heterocycles. The second-order valence-electron chi connectivity index (χ2n) is 7.13. The average Bonchev–Trinajstić information content (AvgIpc) is 2.45.